The normalized spacial score (nSPS) is 29.2. The number of aromatic amines is 1. The quantitative estimate of drug-likeness (QED) is 0.348. The second-order valence-corrected chi connectivity index (χ2v) is 15.3. The van der Waals surface area contributed by atoms with Gasteiger partial charge in [-0.2, -0.15) is 0 Å². The zero-order valence-corrected chi connectivity index (χ0v) is 19.3. The second kappa shape index (κ2) is 7.83. The Balaban J connectivity index is 1.46. The number of carbonyl (C=O) groups excluding carboxylic acids is 2. The molecule has 0 bridgehead atoms. The van der Waals surface area contributed by atoms with Gasteiger partial charge in [0.15, 0.2) is 0 Å². The van der Waals surface area contributed by atoms with E-state index in [-0.39, 0.29) is 23.7 Å². The molecular weight excluding hydrogens is 560 g/mol. The number of benzene rings is 1. The fraction of sp³-hybridized carbons (Fsp3) is 0.235. The molecule has 3 aromatic rings. The summed E-state index contributed by atoms with van der Waals surface area (Å²) in [4.78, 5) is 48.7. The molecule has 1 aromatic carbocycles. The van der Waals surface area contributed by atoms with Gasteiger partial charge in [-0.1, -0.05) is 18.2 Å². The molecule has 2 saturated heterocycles. The number of hydrogen-bond acceptors (Lipinski definition) is 9. The van der Waals surface area contributed by atoms with Gasteiger partial charge >= 0.3 is 163 Å². The number of imidazole rings is 1. The third-order valence-electron chi connectivity index (χ3n) is 4.75. The van der Waals surface area contributed by atoms with Crippen molar-refractivity contribution in [2.75, 3.05) is 11.9 Å². The van der Waals surface area contributed by atoms with Crippen LogP contribution in [-0.2, 0) is 30.4 Å². The number of nitrogens with one attached hydrogen (secondary N) is 2. The molecule has 14 heteroatoms. The number of Topliss-reactive ketones (excluding diaryl/α,β-unsaturated/α-hetero) is 1. The number of H-pyrrole nitrogens is 1. The number of ketones is 1. The number of fused-ring (bicyclic) bond motifs is 2. The van der Waals surface area contributed by atoms with E-state index in [1.807, 2.05) is 0 Å². The number of carbonyl (C=O) groups is 2. The Hall–Kier alpha value is -2.03. The van der Waals surface area contributed by atoms with Gasteiger partial charge in [0.2, 0.25) is 0 Å². The molecule has 4 atom stereocenters. The van der Waals surface area contributed by atoms with Crippen LogP contribution in [0.1, 0.15) is 16.6 Å². The summed E-state index contributed by atoms with van der Waals surface area (Å²) in [5.41, 5.74) is -0.273. The maximum atomic E-state index is 13.1. The molecule has 4 heterocycles. The number of nitrogens with zero attached hydrogens (tertiary/aromatic N) is 3. The first-order valence-corrected chi connectivity index (χ1v) is 14.4. The van der Waals surface area contributed by atoms with E-state index in [0.29, 0.717) is 5.56 Å². The van der Waals surface area contributed by atoms with Crippen molar-refractivity contribution >= 4 is 66.4 Å². The van der Waals surface area contributed by atoms with Crippen LogP contribution in [0.3, 0.4) is 0 Å². The van der Waals surface area contributed by atoms with Crippen LogP contribution in [0, 0.1) is 0 Å². The van der Waals surface area contributed by atoms with E-state index in [1.165, 1.54) is 10.9 Å². The van der Waals surface area contributed by atoms with Crippen molar-refractivity contribution in [2.24, 2.45) is 0 Å². The minimum absolute atomic E-state index is 0.0221. The minimum atomic E-state index is -3.15. The number of hydrogen-bond donors (Lipinski definition) is 2. The summed E-state index contributed by atoms with van der Waals surface area (Å²) in [6.45, 7) is -0.0606. The summed E-state index contributed by atoms with van der Waals surface area (Å²) in [5, 5.41) is 2.52. The molecule has 31 heavy (non-hydrogen) atoms. The standard InChI is InChI=1S/C17H15IN5O6PS/c18-30(31)27-6-9-12(29-30)11(24)16(28-9)23-7-19-10-13(23)20-17(22-15(10)26)21-14(25)8-4-2-1-3-5-8/h1-5,7,9,12,16H,6,18H2,(H2,20,21,22,25,26)/t9-,12?,16-,30?/m1/s1/i18TD. The molecule has 2 N–H and O–H groups in total. The summed E-state index contributed by atoms with van der Waals surface area (Å²) in [6, 6.07) is 8.37. The first-order valence-electron chi connectivity index (χ1n) is 9.73. The summed E-state index contributed by atoms with van der Waals surface area (Å²) in [7, 11) is 0. The topological polar surface area (TPSA) is 137 Å². The fourth-order valence-electron chi connectivity index (χ4n) is 3.33. The van der Waals surface area contributed by atoms with E-state index >= 15 is 0 Å². The van der Waals surface area contributed by atoms with E-state index in [4.69, 9.17) is 26.8 Å². The Bertz CT molecular complexity index is 1370. The first-order chi connectivity index (χ1) is 15.8. The summed E-state index contributed by atoms with van der Waals surface area (Å²) in [5.74, 6) is -1.10. The summed E-state index contributed by atoms with van der Waals surface area (Å²) in [6.07, 6.45) is -1.83. The van der Waals surface area contributed by atoms with Crippen molar-refractivity contribution in [3.63, 3.8) is 0 Å². The number of amides is 1. The van der Waals surface area contributed by atoms with Crippen molar-refractivity contribution in [1.82, 2.24) is 19.5 Å². The summed E-state index contributed by atoms with van der Waals surface area (Å²) < 4.78 is 30.4. The van der Waals surface area contributed by atoms with Crippen molar-refractivity contribution in [1.29, 1.82) is 1.19 Å². The Morgan fingerprint density at radius 3 is 3.03 bits per heavy atom. The van der Waals surface area contributed by atoms with E-state index in [2.05, 4.69) is 20.3 Å². The van der Waals surface area contributed by atoms with Crippen molar-refractivity contribution in [3.8, 4) is 0 Å². The van der Waals surface area contributed by atoms with Crippen LogP contribution in [0.2, 0.25) is 0 Å². The number of halogens is 1. The van der Waals surface area contributed by atoms with Gasteiger partial charge in [0, 0.05) is 0 Å². The Morgan fingerprint density at radius 1 is 1.45 bits per heavy atom. The number of aromatic nitrogens is 4. The van der Waals surface area contributed by atoms with Crippen LogP contribution in [0.25, 0.3) is 11.2 Å². The monoisotopic (exact) mass is 578 g/mol. The SMILES string of the molecule is [2H]I([3H])P1(=S)OC[C@H]2O[C@@H](n3cnc4c(=O)[nH]c(NC(=O)c5ccccc5)nc43)C(=O)C2O1. The molecule has 0 radical (unpaired) electrons. The molecule has 5 rings (SSSR count). The Labute approximate surface area is 193 Å². The number of rotatable bonds is 4. The molecule has 2 aliphatic rings. The van der Waals surface area contributed by atoms with Gasteiger partial charge in [0.05, 0.1) is 0 Å². The molecular formula is C17H15IN5O6PS. The van der Waals surface area contributed by atoms with Gasteiger partial charge in [-0.15, -0.1) is 0 Å². The molecule has 2 fully saturated rings. The molecule has 1 amide bonds. The molecule has 0 saturated carbocycles. The molecule has 2 unspecified atom stereocenters. The van der Waals surface area contributed by atoms with Gasteiger partial charge in [-0.05, 0) is 12.1 Å². The molecule has 0 aliphatic carbocycles. The number of ether oxygens (including phenoxy) is 1. The van der Waals surface area contributed by atoms with E-state index in [9.17, 15) is 14.4 Å². The molecule has 2 aromatic heterocycles. The van der Waals surface area contributed by atoms with Crippen molar-refractivity contribution in [3.05, 3.63) is 52.6 Å². The average Bonchev–Trinajstić information content (AvgIpc) is 3.35. The molecule has 11 nitrogen and oxygen atoms in total. The van der Waals surface area contributed by atoms with Gasteiger partial charge in [0.1, 0.15) is 0 Å². The van der Waals surface area contributed by atoms with Crippen LogP contribution in [-0.4, -0.2) is 51.2 Å². The summed E-state index contributed by atoms with van der Waals surface area (Å²) >= 11 is 2.07. The third-order valence-corrected chi connectivity index (χ3v) is 7.78. The van der Waals surface area contributed by atoms with Crippen LogP contribution >= 0.6 is 25.8 Å². The third kappa shape index (κ3) is 3.85. The zero-order valence-electron chi connectivity index (χ0n) is 17.4. The second-order valence-electron chi connectivity index (χ2n) is 6.74. The number of anilines is 1. The molecule has 162 valence electrons. The Morgan fingerprint density at radius 2 is 2.26 bits per heavy atom. The first kappa shape index (κ1) is 18.5. The van der Waals surface area contributed by atoms with Gasteiger partial charge in [0.25, 0.3) is 0 Å². The van der Waals surface area contributed by atoms with Gasteiger partial charge in [-0.25, -0.2) is 0 Å². The fourth-order valence-corrected chi connectivity index (χ4v) is 5.91. The predicted molar refractivity (Wildman–Crippen MR) is 123 cm³/mol. The Kier molecular flexibility index (Phi) is 4.68. The van der Waals surface area contributed by atoms with E-state index in [1.54, 1.807) is 30.3 Å². The van der Waals surface area contributed by atoms with Gasteiger partial charge in [-0.3, -0.25) is 0 Å². The van der Waals surface area contributed by atoms with Crippen LogP contribution < -0.4 is 10.9 Å². The maximum absolute atomic E-state index is 13.1. The van der Waals surface area contributed by atoms with Crippen molar-refractivity contribution < 1.29 is 23.4 Å². The van der Waals surface area contributed by atoms with Crippen molar-refractivity contribution in [2.45, 2.75) is 18.4 Å². The molecule has 0 spiro atoms. The van der Waals surface area contributed by atoms with Crippen LogP contribution in [0.4, 0.5) is 5.95 Å². The zero-order chi connectivity index (χ0) is 23.3. The van der Waals surface area contributed by atoms with Gasteiger partial charge < -0.3 is 0 Å². The van der Waals surface area contributed by atoms with E-state index in [0.717, 1.165) is 0 Å². The van der Waals surface area contributed by atoms with Crippen LogP contribution in [0.5, 0.6) is 0 Å². The van der Waals surface area contributed by atoms with E-state index < -0.39 is 61.5 Å². The molecule has 2 aliphatic heterocycles. The average molecular weight is 578 g/mol. The predicted octanol–water partition coefficient (Wildman–Crippen LogP) is 1.38. The van der Waals surface area contributed by atoms with Crippen LogP contribution in [0.15, 0.2) is 41.5 Å².